The van der Waals surface area contributed by atoms with E-state index < -0.39 is 10.4 Å². The summed E-state index contributed by atoms with van der Waals surface area (Å²) in [6.45, 7) is 3.36. The first-order valence-electron chi connectivity index (χ1n) is 1.68. The van der Waals surface area contributed by atoms with Crippen molar-refractivity contribution < 1.29 is 31.6 Å². The van der Waals surface area contributed by atoms with Crippen LogP contribution < -0.4 is 0 Å². The second-order valence-electron chi connectivity index (χ2n) is 0.856. The van der Waals surface area contributed by atoms with Gasteiger partial charge >= 0.3 is 39.4 Å². The minimum atomic E-state index is -4.67. The van der Waals surface area contributed by atoms with Crippen LogP contribution in [0.25, 0.3) is 0 Å². The Morgan fingerprint density at radius 1 is 1.17 bits per heavy atom. The molecule has 4 nitrogen and oxygen atoms in total. The van der Waals surface area contributed by atoms with Crippen molar-refractivity contribution in [1.82, 2.24) is 0 Å². The Hall–Kier alpha value is 0.0623. The van der Waals surface area contributed by atoms with E-state index in [1.54, 1.807) is 4.75 Å². The molecule has 0 aromatic rings. The average Bonchev–Trinajstić information content (AvgIpc) is 1.27. The van der Waals surface area contributed by atoms with Crippen LogP contribution >= 0.6 is 0 Å². The Bertz CT molecular complexity index is 142. The predicted octanol–water partition coefficient (Wildman–Crippen LogP) is -1.08. The van der Waals surface area contributed by atoms with Crippen molar-refractivity contribution in [1.29, 1.82) is 0 Å². The van der Waals surface area contributed by atoms with Crippen LogP contribution in [0, 0.1) is 0 Å². The van der Waals surface area contributed by atoms with Gasteiger partial charge in [-0.05, 0) is 0 Å². The average molecular weight is 206 g/mol. The molecule has 0 saturated heterocycles. The minimum absolute atomic E-state index is 0. The molecule has 0 saturated carbocycles. The Labute approximate surface area is 79.9 Å². The molecule has 0 rings (SSSR count). The van der Waals surface area contributed by atoms with Gasteiger partial charge in [0, 0.05) is 0 Å². The summed E-state index contributed by atoms with van der Waals surface area (Å²) in [5.74, 6) is 0. The fourth-order valence-electron chi connectivity index (χ4n) is 0. The summed E-state index contributed by atoms with van der Waals surface area (Å²) in [4.78, 5) is 0. The van der Waals surface area contributed by atoms with Gasteiger partial charge in [0.25, 0.3) is 0 Å². The Morgan fingerprint density at radius 2 is 1.17 bits per heavy atom. The van der Waals surface area contributed by atoms with Gasteiger partial charge in [-0.15, -0.1) is 0 Å². The van der Waals surface area contributed by atoms with Crippen molar-refractivity contribution in [2.75, 3.05) is 0 Å². The van der Waals surface area contributed by atoms with E-state index in [9.17, 15) is 0 Å². The Morgan fingerprint density at radius 3 is 1.17 bits per heavy atom. The molecular weight excluding hydrogens is 195 g/mol. The Kier molecular flexibility index (Phi) is 75.2. The summed E-state index contributed by atoms with van der Waals surface area (Å²) in [5, 5.41) is 0. The van der Waals surface area contributed by atoms with Gasteiger partial charge < -0.3 is 0 Å². The van der Waals surface area contributed by atoms with Gasteiger partial charge in [-0.2, -0.15) is 8.42 Å². The predicted molar refractivity (Wildman–Crippen MR) is 47.6 cm³/mol. The number of rotatable bonds is 0. The fourth-order valence-corrected chi connectivity index (χ4v) is 0. The zero-order valence-electron chi connectivity index (χ0n) is 5.63. The molecule has 74 valence electrons. The molecule has 0 radical (unpaired) electrons. The van der Waals surface area contributed by atoms with Crippen molar-refractivity contribution in [2.24, 2.45) is 0 Å². The zero-order valence-corrected chi connectivity index (χ0v) is 6.44. The molecule has 0 aliphatic carbocycles. The summed E-state index contributed by atoms with van der Waals surface area (Å²) in [6.07, 6.45) is 0. The maximum atomic E-state index is 8.74. The van der Waals surface area contributed by atoms with Gasteiger partial charge in [0.2, 0.25) is 0 Å². The van der Waals surface area contributed by atoms with Crippen LogP contribution in [0.15, 0.2) is 11.3 Å². The van der Waals surface area contributed by atoms with Gasteiger partial charge in [0.1, 0.15) is 0 Å². The molecule has 12 heavy (non-hydrogen) atoms. The topological polar surface area (TPSA) is 74.6 Å². The van der Waals surface area contributed by atoms with E-state index in [2.05, 4.69) is 6.58 Å². The van der Waals surface area contributed by atoms with Crippen molar-refractivity contribution >= 4 is 36.5 Å². The van der Waals surface area contributed by atoms with Gasteiger partial charge in [-0.3, -0.25) is 23.2 Å². The summed E-state index contributed by atoms with van der Waals surface area (Å²) < 4.78 is 33.3. The van der Waals surface area contributed by atoms with E-state index in [0.717, 1.165) is 0 Å². The molecule has 0 unspecified atom stereocenters. The molecule has 0 spiro atoms. The number of hydrogen-bond donors (Lipinski definition) is 2. The molecule has 0 aromatic carbocycles. The van der Waals surface area contributed by atoms with Gasteiger partial charge in [0.05, 0.1) is 8.41 Å². The van der Waals surface area contributed by atoms with E-state index in [4.69, 9.17) is 17.5 Å². The standard InChI is InChI=1S/C2H3.BH3.3FH.Li.H2O4S/c1-2;;;;;;1-5(2,3)4/h1H,2H2;1H3;3*1H;;(H2,1,2,3,4). The first kappa shape index (κ1) is 40.2. The van der Waals surface area contributed by atoms with Crippen LogP contribution in [-0.4, -0.2) is 43.7 Å². The molecular formula is C2H11BF3LiO4S. The van der Waals surface area contributed by atoms with E-state index in [1.165, 1.54) is 0 Å². The summed E-state index contributed by atoms with van der Waals surface area (Å²) >= 11 is 1.89. The summed E-state index contributed by atoms with van der Waals surface area (Å²) in [6, 6.07) is 0. The van der Waals surface area contributed by atoms with Crippen LogP contribution in [0.1, 0.15) is 0 Å². The monoisotopic (exact) mass is 206 g/mol. The summed E-state index contributed by atoms with van der Waals surface area (Å²) in [5.41, 5.74) is 0. The molecule has 0 heterocycles. The molecule has 0 fully saturated rings. The van der Waals surface area contributed by atoms with E-state index in [1.807, 2.05) is 17.7 Å². The van der Waals surface area contributed by atoms with Crippen LogP contribution in [0.5, 0.6) is 0 Å². The fraction of sp³-hybridized carbons (Fsp3) is 0. The SMILES string of the molecule is B.F.F.F.O=S(=O)(O)O.[Li][CH]=C. The molecule has 10 heteroatoms. The Balaban J connectivity index is -0.0000000119. The summed E-state index contributed by atoms with van der Waals surface area (Å²) in [7, 11) is -4.67. The van der Waals surface area contributed by atoms with Crippen molar-refractivity contribution in [3.05, 3.63) is 11.3 Å². The molecule has 0 aliphatic heterocycles. The van der Waals surface area contributed by atoms with Crippen molar-refractivity contribution in [3.8, 4) is 0 Å². The van der Waals surface area contributed by atoms with Crippen LogP contribution in [0.2, 0.25) is 0 Å². The van der Waals surface area contributed by atoms with Gasteiger partial charge in [-0.1, -0.05) is 0 Å². The molecule has 0 amide bonds. The second-order valence-corrected chi connectivity index (χ2v) is 1.75. The molecule has 0 atom stereocenters. The van der Waals surface area contributed by atoms with Crippen LogP contribution in [0.3, 0.4) is 0 Å². The third-order valence-electron chi connectivity index (χ3n) is 0. The first-order valence-corrected chi connectivity index (χ1v) is 3.08. The molecule has 2 N–H and O–H groups in total. The van der Waals surface area contributed by atoms with Gasteiger partial charge in [0.15, 0.2) is 0 Å². The van der Waals surface area contributed by atoms with E-state index in [0.29, 0.717) is 0 Å². The van der Waals surface area contributed by atoms with Crippen LogP contribution in [0.4, 0.5) is 14.1 Å². The number of hydrogen-bond acceptors (Lipinski definition) is 2. The molecule has 0 aromatic heterocycles. The van der Waals surface area contributed by atoms with Crippen LogP contribution in [-0.2, 0) is 10.4 Å². The molecule has 0 aliphatic rings. The van der Waals surface area contributed by atoms with Gasteiger partial charge in [-0.25, -0.2) is 0 Å². The maximum absolute atomic E-state index is 8.74. The van der Waals surface area contributed by atoms with E-state index in [-0.39, 0.29) is 22.5 Å². The van der Waals surface area contributed by atoms with E-state index >= 15 is 0 Å². The zero-order chi connectivity index (χ0) is 7.21. The second kappa shape index (κ2) is 22.5. The quantitative estimate of drug-likeness (QED) is 0.390. The third kappa shape index (κ3) is 213000. The van der Waals surface area contributed by atoms with Crippen molar-refractivity contribution in [2.45, 2.75) is 0 Å². The molecule has 0 bridgehead atoms. The third-order valence-corrected chi connectivity index (χ3v) is 0. The normalized spacial score (nSPS) is 6.00. The van der Waals surface area contributed by atoms with Crippen molar-refractivity contribution in [3.63, 3.8) is 0 Å². The number of halogens is 3. The first-order chi connectivity index (χ1) is 3.41.